The van der Waals surface area contributed by atoms with Gasteiger partial charge in [0.2, 0.25) is 11.9 Å². The highest BCUT2D eigenvalue weighted by molar-refractivity contribution is 7.99. The Morgan fingerprint density at radius 2 is 2.00 bits per heavy atom. The van der Waals surface area contributed by atoms with Crippen LogP contribution in [0.15, 0.2) is 41.6 Å². The average Bonchev–Trinajstić information content (AvgIpc) is 3.29. The second-order valence-electron chi connectivity index (χ2n) is 7.14. The maximum absolute atomic E-state index is 11.6. The van der Waals surface area contributed by atoms with Crippen LogP contribution in [-0.2, 0) is 16.0 Å². The summed E-state index contributed by atoms with van der Waals surface area (Å²) in [5, 5.41) is 32.4. The standard InChI is InChI=1S/C20H23N5O5S/c1-11(27)22-20-23-13(7-8-31-12-5-3-2-4-6-12)15-18(24-20)25(10-21-15)19-17(29)16(28)14(9-26)30-19/h2-6,10,14,16-17,19,26,28-29H,7-9H2,1H3,(H,22,23,24,27)/t14-,16-,17-,19-/m1/s1. The van der Waals surface area contributed by atoms with Crippen molar-refractivity contribution in [3.05, 3.63) is 42.4 Å². The minimum absolute atomic E-state index is 0.119. The van der Waals surface area contributed by atoms with Crippen LogP contribution in [0.3, 0.4) is 0 Å². The molecule has 1 amide bonds. The molecular formula is C20H23N5O5S. The van der Waals surface area contributed by atoms with Gasteiger partial charge in [0.15, 0.2) is 11.9 Å². The molecule has 11 heteroatoms. The summed E-state index contributed by atoms with van der Waals surface area (Å²) in [5.41, 5.74) is 1.51. The number of imidazole rings is 1. The summed E-state index contributed by atoms with van der Waals surface area (Å²) in [4.78, 5) is 25.9. The topological polar surface area (TPSA) is 143 Å². The Hall–Kier alpha value is -2.57. The van der Waals surface area contributed by atoms with Crippen molar-refractivity contribution >= 4 is 34.8 Å². The molecule has 3 aromatic rings. The molecule has 164 valence electrons. The molecule has 0 aliphatic carbocycles. The van der Waals surface area contributed by atoms with E-state index in [1.807, 2.05) is 30.3 Å². The van der Waals surface area contributed by atoms with Crippen molar-refractivity contribution in [2.24, 2.45) is 0 Å². The van der Waals surface area contributed by atoms with Crippen molar-refractivity contribution < 1.29 is 24.9 Å². The first-order chi connectivity index (χ1) is 15.0. The first-order valence-corrected chi connectivity index (χ1v) is 10.8. The van der Waals surface area contributed by atoms with Crippen LogP contribution in [0.5, 0.6) is 0 Å². The van der Waals surface area contributed by atoms with Gasteiger partial charge in [-0.1, -0.05) is 18.2 Å². The SMILES string of the molecule is CC(=O)Nc1nc(CCSc2ccccc2)c2ncn([C@@H]3O[C@H](CO)[C@@H](O)[C@H]3O)c2n1. The van der Waals surface area contributed by atoms with Gasteiger partial charge in [-0.25, -0.2) is 9.97 Å². The highest BCUT2D eigenvalue weighted by Crippen LogP contribution is 2.32. The monoisotopic (exact) mass is 445 g/mol. The maximum atomic E-state index is 11.6. The van der Waals surface area contributed by atoms with Crippen LogP contribution in [0.2, 0.25) is 0 Å². The number of nitrogens with one attached hydrogen (secondary N) is 1. The number of aryl methyl sites for hydroxylation is 1. The quantitative estimate of drug-likeness (QED) is 0.387. The number of aromatic nitrogens is 4. The zero-order valence-corrected chi connectivity index (χ0v) is 17.6. The Morgan fingerprint density at radius 3 is 2.68 bits per heavy atom. The molecule has 1 saturated heterocycles. The van der Waals surface area contributed by atoms with Gasteiger partial charge in [0.05, 0.1) is 18.6 Å². The lowest BCUT2D eigenvalue weighted by atomic mass is 10.1. The molecule has 4 atom stereocenters. The second-order valence-corrected chi connectivity index (χ2v) is 8.31. The molecule has 10 nitrogen and oxygen atoms in total. The lowest BCUT2D eigenvalue weighted by Crippen LogP contribution is -2.33. The first-order valence-electron chi connectivity index (χ1n) is 9.79. The second kappa shape index (κ2) is 9.28. The number of nitrogens with zero attached hydrogens (tertiary/aromatic N) is 4. The van der Waals surface area contributed by atoms with E-state index in [9.17, 15) is 20.1 Å². The largest absolute Gasteiger partial charge is 0.394 e. The van der Waals surface area contributed by atoms with Crippen LogP contribution in [0.1, 0.15) is 18.8 Å². The van der Waals surface area contributed by atoms with Crippen molar-refractivity contribution in [3.8, 4) is 0 Å². The molecule has 1 aliphatic rings. The number of fused-ring (bicyclic) bond motifs is 1. The average molecular weight is 446 g/mol. The number of hydrogen-bond acceptors (Lipinski definition) is 9. The van der Waals surface area contributed by atoms with E-state index in [2.05, 4.69) is 20.3 Å². The lowest BCUT2D eigenvalue weighted by molar-refractivity contribution is -0.114. The number of carbonyl (C=O) groups excluding carboxylic acids is 1. The predicted molar refractivity (Wildman–Crippen MR) is 114 cm³/mol. The minimum Gasteiger partial charge on any atom is -0.394 e. The number of thioether (sulfide) groups is 1. The van der Waals surface area contributed by atoms with E-state index in [1.54, 1.807) is 11.8 Å². The normalized spacial score (nSPS) is 23.4. The number of benzene rings is 1. The van der Waals surface area contributed by atoms with Crippen molar-refractivity contribution in [2.75, 3.05) is 17.7 Å². The van der Waals surface area contributed by atoms with Crippen molar-refractivity contribution in [1.82, 2.24) is 19.5 Å². The van der Waals surface area contributed by atoms with Gasteiger partial charge in [-0.3, -0.25) is 14.7 Å². The number of rotatable bonds is 7. The number of ether oxygens (including phenoxy) is 1. The zero-order valence-electron chi connectivity index (χ0n) is 16.8. The maximum Gasteiger partial charge on any atom is 0.231 e. The summed E-state index contributed by atoms with van der Waals surface area (Å²) in [6, 6.07) is 9.96. The smallest absolute Gasteiger partial charge is 0.231 e. The third-order valence-electron chi connectivity index (χ3n) is 4.92. The summed E-state index contributed by atoms with van der Waals surface area (Å²) >= 11 is 1.67. The van der Waals surface area contributed by atoms with Gasteiger partial charge >= 0.3 is 0 Å². The van der Waals surface area contributed by atoms with E-state index in [4.69, 9.17) is 4.74 Å². The van der Waals surface area contributed by atoms with E-state index in [1.165, 1.54) is 17.8 Å². The number of carbonyl (C=O) groups is 1. The highest BCUT2D eigenvalue weighted by atomic mass is 32.2. The lowest BCUT2D eigenvalue weighted by Gasteiger charge is -2.17. The Morgan fingerprint density at radius 1 is 1.23 bits per heavy atom. The highest BCUT2D eigenvalue weighted by Gasteiger charge is 2.44. The van der Waals surface area contributed by atoms with Gasteiger partial charge < -0.3 is 20.1 Å². The zero-order chi connectivity index (χ0) is 22.0. The number of anilines is 1. The van der Waals surface area contributed by atoms with Crippen LogP contribution in [0, 0.1) is 0 Å². The fourth-order valence-electron chi connectivity index (χ4n) is 3.44. The van der Waals surface area contributed by atoms with Gasteiger partial charge in [-0.05, 0) is 12.1 Å². The molecule has 0 radical (unpaired) electrons. The molecule has 2 aromatic heterocycles. The van der Waals surface area contributed by atoms with Gasteiger partial charge in [0.25, 0.3) is 0 Å². The van der Waals surface area contributed by atoms with E-state index in [-0.39, 0.29) is 11.9 Å². The van der Waals surface area contributed by atoms with Gasteiger partial charge in [-0.2, -0.15) is 4.98 Å². The van der Waals surface area contributed by atoms with Crippen molar-refractivity contribution in [1.29, 1.82) is 0 Å². The molecule has 0 saturated carbocycles. The summed E-state index contributed by atoms with van der Waals surface area (Å²) in [6.07, 6.45) is -2.40. The van der Waals surface area contributed by atoms with Gasteiger partial charge in [0.1, 0.15) is 23.8 Å². The molecule has 3 heterocycles. The third-order valence-corrected chi connectivity index (χ3v) is 5.94. The van der Waals surface area contributed by atoms with Crippen LogP contribution >= 0.6 is 11.8 Å². The molecular weight excluding hydrogens is 422 g/mol. The Kier molecular flexibility index (Phi) is 6.49. The van der Waals surface area contributed by atoms with E-state index in [0.717, 1.165) is 10.6 Å². The Labute approximate surface area is 182 Å². The Bertz CT molecular complexity index is 1060. The predicted octanol–water partition coefficient (Wildman–Crippen LogP) is 0.731. The molecule has 4 N–H and O–H groups in total. The molecule has 1 aromatic carbocycles. The first kappa shape index (κ1) is 21.7. The van der Waals surface area contributed by atoms with Crippen LogP contribution in [0.25, 0.3) is 11.2 Å². The van der Waals surface area contributed by atoms with Gasteiger partial charge in [0, 0.05) is 24.0 Å². The molecule has 4 rings (SSSR count). The van der Waals surface area contributed by atoms with Crippen molar-refractivity contribution in [3.63, 3.8) is 0 Å². The van der Waals surface area contributed by atoms with E-state index >= 15 is 0 Å². The third kappa shape index (κ3) is 4.55. The molecule has 0 spiro atoms. The Balaban J connectivity index is 1.65. The fraction of sp³-hybridized carbons (Fsp3) is 0.400. The molecule has 0 bridgehead atoms. The summed E-state index contributed by atoms with van der Waals surface area (Å²) < 4.78 is 7.09. The van der Waals surface area contributed by atoms with Crippen LogP contribution in [-0.4, -0.2) is 71.4 Å². The van der Waals surface area contributed by atoms with Crippen LogP contribution in [0.4, 0.5) is 5.95 Å². The number of amides is 1. The number of aliphatic hydroxyl groups excluding tert-OH is 3. The molecule has 0 unspecified atom stereocenters. The minimum atomic E-state index is -1.27. The number of hydrogen-bond donors (Lipinski definition) is 4. The van der Waals surface area contributed by atoms with E-state index < -0.39 is 31.1 Å². The van der Waals surface area contributed by atoms with Crippen molar-refractivity contribution in [2.45, 2.75) is 42.8 Å². The summed E-state index contributed by atoms with van der Waals surface area (Å²) in [7, 11) is 0. The van der Waals surface area contributed by atoms with Crippen LogP contribution < -0.4 is 5.32 Å². The number of aliphatic hydroxyl groups is 3. The fourth-order valence-corrected chi connectivity index (χ4v) is 4.32. The molecule has 1 aliphatic heterocycles. The van der Waals surface area contributed by atoms with Gasteiger partial charge in [-0.15, -0.1) is 11.8 Å². The molecule has 1 fully saturated rings. The molecule has 31 heavy (non-hydrogen) atoms. The van der Waals surface area contributed by atoms with E-state index in [0.29, 0.717) is 23.3 Å². The summed E-state index contributed by atoms with van der Waals surface area (Å²) in [6.45, 7) is 0.928. The summed E-state index contributed by atoms with van der Waals surface area (Å²) in [5.74, 6) is 0.534.